The fourth-order valence-corrected chi connectivity index (χ4v) is 6.66. The van der Waals surface area contributed by atoms with Gasteiger partial charge in [-0.2, -0.15) is 26.3 Å². The molecule has 1 heterocycles. The molecule has 42 heavy (non-hydrogen) atoms. The Kier molecular flexibility index (Phi) is 7.84. The molecule has 2 aromatic carbocycles. The number of nitrogens with one attached hydrogen (secondary N) is 1. The van der Waals surface area contributed by atoms with E-state index in [-0.39, 0.29) is 35.1 Å². The summed E-state index contributed by atoms with van der Waals surface area (Å²) >= 11 is 0. The second-order valence-electron chi connectivity index (χ2n) is 10.7. The third-order valence-corrected chi connectivity index (χ3v) is 9.09. The van der Waals surface area contributed by atoms with Crippen molar-refractivity contribution in [1.82, 2.24) is 0 Å². The minimum atomic E-state index is -5.45. The number of aryl methyl sites for hydroxylation is 1. The number of fused-ring (bicyclic) bond motifs is 1. The summed E-state index contributed by atoms with van der Waals surface area (Å²) in [6.45, 7) is 0. The lowest BCUT2D eigenvalue weighted by Crippen LogP contribution is -2.20. The topological polar surface area (TPSA) is 96.6 Å². The van der Waals surface area contributed by atoms with Gasteiger partial charge in [0.05, 0.1) is 21.6 Å². The van der Waals surface area contributed by atoms with Crippen LogP contribution in [0.2, 0.25) is 0 Å². The molecule has 1 unspecified atom stereocenters. The van der Waals surface area contributed by atoms with Gasteiger partial charge < -0.3 is 9.52 Å². The van der Waals surface area contributed by atoms with E-state index in [1.54, 1.807) is 6.07 Å². The molecule has 1 fully saturated rings. The maximum absolute atomic E-state index is 13.4. The SMILES string of the molecule is O=c1oc2c(c(O)c1C(c1cccc(NS(=O)(=O)c3ccc(C(F)(F)F)c(C(F)(F)F)c3)c1)C1CC1)CCCCCC2. The van der Waals surface area contributed by atoms with Gasteiger partial charge in [0.15, 0.2) is 0 Å². The van der Waals surface area contributed by atoms with Gasteiger partial charge >= 0.3 is 18.0 Å². The van der Waals surface area contributed by atoms with Gasteiger partial charge in [-0.15, -0.1) is 0 Å². The van der Waals surface area contributed by atoms with Gasteiger partial charge in [-0.1, -0.05) is 25.0 Å². The van der Waals surface area contributed by atoms with Crippen molar-refractivity contribution < 1.29 is 44.3 Å². The number of anilines is 1. The number of halogens is 6. The van der Waals surface area contributed by atoms with E-state index in [0.29, 0.717) is 35.8 Å². The molecule has 3 aromatic rings. The Labute approximate surface area is 237 Å². The Bertz CT molecular complexity index is 1660. The zero-order chi connectivity index (χ0) is 30.4. The summed E-state index contributed by atoms with van der Waals surface area (Å²) in [6.07, 6.45) is -4.64. The largest absolute Gasteiger partial charge is 0.507 e. The van der Waals surface area contributed by atoms with E-state index in [1.165, 1.54) is 18.2 Å². The normalized spacial score (nSPS) is 17.2. The first-order chi connectivity index (χ1) is 19.7. The average molecular weight is 616 g/mol. The fourth-order valence-electron chi connectivity index (χ4n) is 5.58. The van der Waals surface area contributed by atoms with Crippen LogP contribution in [0.25, 0.3) is 0 Å². The Hall–Kier alpha value is -3.48. The summed E-state index contributed by atoms with van der Waals surface area (Å²) in [4.78, 5) is 12.1. The quantitative estimate of drug-likeness (QED) is 0.282. The van der Waals surface area contributed by atoms with Gasteiger partial charge in [-0.05, 0) is 73.9 Å². The number of aromatic hydroxyl groups is 1. The average Bonchev–Trinajstić information content (AvgIpc) is 3.71. The van der Waals surface area contributed by atoms with Crippen LogP contribution >= 0.6 is 0 Å². The molecule has 0 radical (unpaired) electrons. The molecule has 2 N–H and O–H groups in total. The first-order valence-electron chi connectivity index (χ1n) is 13.5. The van der Waals surface area contributed by atoms with Crippen molar-refractivity contribution in [3.63, 3.8) is 0 Å². The highest BCUT2D eigenvalue weighted by atomic mass is 32.2. The zero-order valence-corrected chi connectivity index (χ0v) is 22.9. The highest BCUT2D eigenvalue weighted by Crippen LogP contribution is 2.49. The molecule has 5 rings (SSSR count). The lowest BCUT2D eigenvalue weighted by Gasteiger charge is -2.22. The predicted octanol–water partition coefficient (Wildman–Crippen LogP) is 7.38. The van der Waals surface area contributed by atoms with Crippen LogP contribution in [-0.2, 0) is 35.2 Å². The van der Waals surface area contributed by atoms with Gasteiger partial charge in [0.2, 0.25) is 0 Å². The highest BCUT2D eigenvalue weighted by Gasteiger charge is 2.44. The Balaban J connectivity index is 1.51. The van der Waals surface area contributed by atoms with Gasteiger partial charge in [-0.3, -0.25) is 4.72 Å². The van der Waals surface area contributed by atoms with Crippen molar-refractivity contribution in [2.75, 3.05) is 4.72 Å². The molecule has 226 valence electrons. The van der Waals surface area contributed by atoms with Crippen molar-refractivity contribution in [2.24, 2.45) is 5.92 Å². The zero-order valence-electron chi connectivity index (χ0n) is 22.1. The summed E-state index contributed by atoms with van der Waals surface area (Å²) in [5.74, 6) is -0.340. The van der Waals surface area contributed by atoms with Crippen molar-refractivity contribution in [2.45, 2.75) is 74.5 Å². The van der Waals surface area contributed by atoms with Gasteiger partial charge in [0, 0.05) is 23.6 Å². The number of alkyl halides is 6. The smallest absolute Gasteiger partial charge is 0.417 e. The summed E-state index contributed by atoms with van der Waals surface area (Å²) in [5, 5.41) is 11.3. The van der Waals surface area contributed by atoms with Crippen molar-refractivity contribution >= 4 is 15.7 Å². The minimum Gasteiger partial charge on any atom is -0.507 e. The monoisotopic (exact) mass is 615 g/mol. The summed E-state index contributed by atoms with van der Waals surface area (Å²) in [6, 6.07) is 6.31. The minimum absolute atomic E-state index is 0.0403. The maximum Gasteiger partial charge on any atom is 0.417 e. The summed E-state index contributed by atoms with van der Waals surface area (Å²) < 4.78 is 113. The van der Waals surface area contributed by atoms with Crippen LogP contribution in [0.15, 0.2) is 56.6 Å². The number of rotatable bonds is 6. The molecule has 2 aliphatic carbocycles. The van der Waals surface area contributed by atoms with E-state index in [9.17, 15) is 44.7 Å². The van der Waals surface area contributed by atoms with Crippen molar-refractivity contribution in [1.29, 1.82) is 0 Å². The molecular weight excluding hydrogens is 588 g/mol. The number of hydrogen-bond donors (Lipinski definition) is 2. The van der Waals surface area contributed by atoms with E-state index >= 15 is 0 Å². The number of sulfonamides is 1. The third-order valence-electron chi connectivity index (χ3n) is 7.71. The summed E-state index contributed by atoms with van der Waals surface area (Å²) in [5.41, 5.74) is -3.75. The molecule has 1 saturated carbocycles. The van der Waals surface area contributed by atoms with Crippen LogP contribution in [0.1, 0.15) is 78.0 Å². The molecule has 0 bridgehead atoms. The molecule has 0 aliphatic heterocycles. The van der Waals surface area contributed by atoms with Gasteiger partial charge in [-0.25, -0.2) is 13.2 Å². The van der Waals surface area contributed by atoms with E-state index in [4.69, 9.17) is 4.42 Å². The van der Waals surface area contributed by atoms with Crippen LogP contribution in [-0.4, -0.2) is 13.5 Å². The fraction of sp³-hybridized carbons (Fsp3) is 0.414. The van der Waals surface area contributed by atoms with Crippen molar-refractivity contribution in [3.8, 4) is 5.75 Å². The lowest BCUT2D eigenvalue weighted by molar-refractivity contribution is -0.162. The van der Waals surface area contributed by atoms with Crippen LogP contribution < -0.4 is 10.3 Å². The van der Waals surface area contributed by atoms with Crippen LogP contribution in [0.3, 0.4) is 0 Å². The Morgan fingerprint density at radius 3 is 2.19 bits per heavy atom. The van der Waals surface area contributed by atoms with E-state index < -0.39 is 49.9 Å². The molecular formula is C29H27F6NO5S. The van der Waals surface area contributed by atoms with Crippen LogP contribution in [0.5, 0.6) is 5.75 Å². The molecule has 1 aromatic heterocycles. The first kappa shape index (κ1) is 30.0. The van der Waals surface area contributed by atoms with Crippen LogP contribution in [0, 0.1) is 5.92 Å². The Morgan fingerprint density at radius 1 is 0.881 bits per heavy atom. The highest BCUT2D eigenvalue weighted by molar-refractivity contribution is 7.92. The van der Waals surface area contributed by atoms with E-state index in [0.717, 1.165) is 38.5 Å². The number of benzene rings is 2. The van der Waals surface area contributed by atoms with Crippen LogP contribution in [0.4, 0.5) is 32.0 Å². The molecule has 0 amide bonds. The molecule has 2 aliphatic rings. The maximum atomic E-state index is 13.4. The third kappa shape index (κ3) is 6.16. The molecule has 1 atom stereocenters. The van der Waals surface area contributed by atoms with Gasteiger partial charge in [0.25, 0.3) is 10.0 Å². The molecule has 13 heteroatoms. The molecule has 0 saturated heterocycles. The first-order valence-corrected chi connectivity index (χ1v) is 14.9. The van der Waals surface area contributed by atoms with E-state index in [1.807, 2.05) is 0 Å². The van der Waals surface area contributed by atoms with E-state index in [2.05, 4.69) is 4.72 Å². The number of hydrogen-bond acceptors (Lipinski definition) is 5. The van der Waals surface area contributed by atoms with Crippen molar-refractivity contribution in [3.05, 3.63) is 86.5 Å². The molecule has 0 spiro atoms. The molecule has 6 nitrogen and oxygen atoms in total. The lowest BCUT2D eigenvalue weighted by atomic mass is 9.85. The Morgan fingerprint density at radius 2 is 1.55 bits per heavy atom. The predicted molar refractivity (Wildman–Crippen MR) is 141 cm³/mol. The van der Waals surface area contributed by atoms with Gasteiger partial charge in [0.1, 0.15) is 11.5 Å². The summed E-state index contributed by atoms with van der Waals surface area (Å²) in [7, 11) is -4.75. The second kappa shape index (κ2) is 11.0. The second-order valence-corrected chi connectivity index (χ2v) is 12.4. The standard InChI is InChI=1S/C29H27F6NO5S/c30-28(31,32)21-13-12-19(15-22(21)29(33,34)35)42(39,40)36-18-7-5-6-17(14-18)24(16-10-11-16)25-26(37)20-8-3-1-2-4-9-23(20)41-27(25)38/h5-7,12-16,24,36-37H,1-4,8-11H2.